The standard InChI is InChI=1S/C16H20N4O/c1-2-4-11(3-1)14-9-16(20-19-14)18-15-6-5-12-10-21-8-7-13(12)17-15/h5-6,9,11H,1-4,7-8,10H2,(H2,17,18,19,20). The van der Waals surface area contributed by atoms with Gasteiger partial charge in [-0.3, -0.25) is 5.10 Å². The normalized spacial score (nSPS) is 18.7. The Labute approximate surface area is 124 Å². The number of anilines is 2. The van der Waals surface area contributed by atoms with Gasteiger partial charge in [0.15, 0.2) is 5.82 Å². The van der Waals surface area contributed by atoms with Gasteiger partial charge in [-0.05, 0) is 24.5 Å². The lowest BCUT2D eigenvalue weighted by Gasteiger charge is -2.16. The van der Waals surface area contributed by atoms with Crippen LogP contribution in [-0.2, 0) is 17.8 Å². The van der Waals surface area contributed by atoms with E-state index in [4.69, 9.17) is 4.74 Å². The van der Waals surface area contributed by atoms with E-state index in [1.165, 1.54) is 36.9 Å². The molecule has 3 heterocycles. The minimum absolute atomic E-state index is 0.654. The molecule has 0 saturated heterocycles. The molecular weight excluding hydrogens is 264 g/mol. The molecule has 110 valence electrons. The van der Waals surface area contributed by atoms with Crippen LogP contribution in [0.2, 0.25) is 0 Å². The molecule has 1 fully saturated rings. The van der Waals surface area contributed by atoms with Gasteiger partial charge < -0.3 is 10.1 Å². The number of rotatable bonds is 3. The van der Waals surface area contributed by atoms with Crippen molar-refractivity contribution in [3.05, 3.63) is 35.2 Å². The molecule has 5 heteroatoms. The highest BCUT2D eigenvalue weighted by molar-refractivity contribution is 5.53. The molecule has 2 aromatic rings. The Morgan fingerprint density at radius 2 is 2.10 bits per heavy atom. The van der Waals surface area contributed by atoms with Gasteiger partial charge in [-0.1, -0.05) is 18.9 Å². The summed E-state index contributed by atoms with van der Waals surface area (Å²) in [5, 5.41) is 10.8. The predicted molar refractivity (Wildman–Crippen MR) is 80.7 cm³/mol. The van der Waals surface area contributed by atoms with Gasteiger partial charge in [0.1, 0.15) is 5.82 Å². The van der Waals surface area contributed by atoms with Crippen LogP contribution in [0.3, 0.4) is 0 Å². The van der Waals surface area contributed by atoms with Gasteiger partial charge >= 0.3 is 0 Å². The summed E-state index contributed by atoms with van der Waals surface area (Å²) in [6.07, 6.45) is 6.11. The van der Waals surface area contributed by atoms with Crippen LogP contribution in [0.15, 0.2) is 18.2 Å². The van der Waals surface area contributed by atoms with Gasteiger partial charge in [-0.2, -0.15) is 5.10 Å². The van der Waals surface area contributed by atoms with Crippen molar-refractivity contribution in [3.63, 3.8) is 0 Å². The van der Waals surface area contributed by atoms with E-state index in [1.54, 1.807) is 0 Å². The van der Waals surface area contributed by atoms with E-state index < -0.39 is 0 Å². The zero-order valence-corrected chi connectivity index (χ0v) is 12.1. The van der Waals surface area contributed by atoms with Gasteiger partial charge in [-0.15, -0.1) is 0 Å². The second-order valence-corrected chi connectivity index (χ2v) is 5.92. The fourth-order valence-corrected chi connectivity index (χ4v) is 3.28. The molecular formula is C16H20N4O. The number of hydrogen-bond donors (Lipinski definition) is 2. The van der Waals surface area contributed by atoms with Crippen molar-refractivity contribution < 1.29 is 4.74 Å². The van der Waals surface area contributed by atoms with Gasteiger partial charge in [0.2, 0.25) is 0 Å². The molecule has 0 atom stereocenters. The van der Waals surface area contributed by atoms with E-state index >= 15 is 0 Å². The smallest absolute Gasteiger partial charge is 0.153 e. The number of pyridine rings is 1. The second-order valence-electron chi connectivity index (χ2n) is 5.92. The molecule has 2 aromatic heterocycles. The first-order valence-corrected chi connectivity index (χ1v) is 7.77. The first-order valence-electron chi connectivity index (χ1n) is 7.77. The summed E-state index contributed by atoms with van der Waals surface area (Å²) in [4.78, 5) is 4.67. The number of hydrogen-bond acceptors (Lipinski definition) is 4. The summed E-state index contributed by atoms with van der Waals surface area (Å²) >= 11 is 0. The monoisotopic (exact) mass is 284 g/mol. The van der Waals surface area contributed by atoms with Crippen molar-refractivity contribution in [2.75, 3.05) is 11.9 Å². The molecule has 1 aliphatic carbocycles. The van der Waals surface area contributed by atoms with Crippen molar-refractivity contribution in [2.45, 2.75) is 44.6 Å². The van der Waals surface area contributed by atoms with Gasteiger partial charge in [0.25, 0.3) is 0 Å². The van der Waals surface area contributed by atoms with Crippen LogP contribution in [0.25, 0.3) is 0 Å². The first kappa shape index (κ1) is 12.8. The lowest BCUT2D eigenvalue weighted by atomic mass is 10.0. The van der Waals surface area contributed by atoms with Gasteiger partial charge in [0, 0.05) is 24.1 Å². The molecule has 1 saturated carbocycles. The third kappa shape index (κ3) is 2.65. The number of aromatic nitrogens is 3. The van der Waals surface area contributed by atoms with E-state index in [0.717, 1.165) is 30.4 Å². The topological polar surface area (TPSA) is 62.8 Å². The highest BCUT2D eigenvalue weighted by Crippen LogP contribution is 2.34. The Morgan fingerprint density at radius 3 is 3.00 bits per heavy atom. The lowest BCUT2D eigenvalue weighted by molar-refractivity contribution is 0.109. The Balaban J connectivity index is 1.50. The third-order valence-electron chi connectivity index (χ3n) is 4.46. The van der Waals surface area contributed by atoms with Crippen molar-refractivity contribution >= 4 is 11.6 Å². The molecule has 0 spiro atoms. The van der Waals surface area contributed by atoms with Crippen LogP contribution in [0.1, 0.15) is 48.6 Å². The predicted octanol–water partition coefficient (Wildman–Crippen LogP) is 3.28. The highest BCUT2D eigenvalue weighted by atomic mass is 16.5. The van der Waals surface area contributed by atoms with Crippen LogP contribution < -0.4 is 5.32 Å². The Hall–Kier alpha value is -1.88. The summed E-state index contributed by atoms with van der Waals surface area (Å²) in [5.74, 6) is 2.37. The SMILES string of the molecule is c1cc2c(nc1Nc1cc(C3CCCC3)[nH]n1)CCOC2. The Kier molecular flexibility index (Phi) is 3.35. The molecule has 21 heavy (non-hydrogen) atoms. The number of aromatic amines is 1. The Morgan fingerprint density at radius 1 is 1.19 bits per heavy atom. The van der Waals surface area contributed by atoms with E-state index in [1.807, 2.05) is 6.07 Å². The number of nitrogens with zero attached hydrogens (tertiary/aromatic N) is 2. The van der Waals surface area contributed by atoms with Crippen LogP contribution >= 0.6 is 0 Å². The van der Waals surface area contributed by atoms with Crippen molar-refractivity contribution in [3.8, 4) is 0 Å². The molecule has 4 rings (SSSR count). The molecule has 1 aliphatic heterocycles. The maximum atomic E-state index is 5.44. The molecule has 5 nitrogen and oxygen atoms in total. The number of ether oxygens (including phenoxy) is 1. The third-order valence-corrected chi connectivity index (χ3v) is 4.46. The fraction of sp³-hybridized carbons (Fsp3) is 0.500. The lowest BCUT2D eigenvalue weighted by Crippen LogP contribution is -2.12. The molecule has 2 N–H and O–H groups in total. The zero-order valence-electron chi connectivity index (χ0n) is 12.1. The summed E-state index contributed by atoms with van der Waals surface area (Å²) in [6.45, 7) is 1.44. The molecule has 0 bridgehead atoms. The zero-order chi connectivity index (χ0) is 14.1. The van der Waals surface area contributed by atoms with Crippen LogP contribution in [0.5, 0.6) is 0 Å². The summed E-state index contributed by atoms with van der Waals surface area (Å²) in [7, 11) is 0. The number of H-pyrrole nitrogens is 1. The van der Waals surface area contributed by atoms with Gasteiger partial charge in [0.05, 0.1) is 18.9 Å². The van der Waals surface area contributed by atoms with Crippen molar-refractivity contribution in [1.29, 1.82) is 0 Å². The molecule has 0 amide bonds. The largest absolute Gasteiger partial charge is 0.376 e. The summed E-state index contributed by atoms with van der Waals surface area (Å²) in [6, 6.07) is 6.21. The maximum absolute atomic E-state index is 5.44. The first-order chi connectivity index (χ1) is 10.4. The quantitative estimate of drug-likeness (QED) is 0.908. The average Bonchev–Trinajstić information content (AvgIpc) is 3.18. The van der Waals surface area contributed by atoms with Crippen LogP contribution in [0.4, 0.5) is 11.6 Å². The Bertz CT molecular complexity index is 631. The molecule has 0 radical (unpaired) electrons. The summed E-state index contributed by atoms with van der Waals surface area (Å²) < 4.78 is 5.44. The second kappa shape index (κ2) is 5.48. The van der Waals surface area contributed by atoms with E-state index in [2.05, 4.69) is 32.6 Å². The average molecular weight is 284 g/mol. The van der Waals surface area contributed by atoms with Gasteiger partial charge in [-0.25, -0.2) is 4.98 Å². The van der Waals surface area contributed by atoms with Crippen molar-refractivity contribution in [1.82, 2.24) is 15.2 Å². The fourth-order valence-electron chi connectivity index (χ4n) is 3.28. The molecule has 0 unspecified atom stereocenters. The van der Waals surface area contributed by atoms with Crippen molar-refractivity contribution in [2.24, 2.45) is 0 Å². The van der Waals surface area contributed by atoms with E-state index in [0.29, 0.717) is 12.5 Å². The number of nitrogens with one attached hydrogen (secondary N) is 2. The van der Waals surface area contributed by atoms with Crippen LogP contribution in [0, 0.1) is 0 Å². The van der Waals surface area contributed by atoms with E-state index in [9.17, 15) is 0 Å². The van der Waals surface area contributed by atoms with E-state index in [-0.39, 0.29) is 0 Å². The highest BCUT2D eigenvalue weighted by Gasteiger charge is 2.19. The minimum Gasteiger partial charge on any atom is -0.376 e. The number of fused-ring (bicyclic) bond motifs is 1. The molecule has 0 aromatic carbocycles. The van der Waals surface area contributed by atoms with Crippen LogP contribution in [-0.4, -0.2) is 21.8 Å². The summed E-state index contributed by atoms with van der Waals surface area (Å²) in [5.41, 5.74) is 3.58. The maximum Gasteiger partial charge on any atom is 0.153 e. The molecule has 2 aliphatic rings. The minimum atomic E-state index is 0.654.